The van der Waals surface area contributed by atoms with E-state index in [1.807, 2.05) is 31.2 Å². The monoisotopic (exact) mass is 283 g/mol. The van der Waals surface area contributed by atoms with Crippen LogP contribution in [0.4, 0.5) is 5.69 Å². The number of carbonyl (C=O) groups excluding carboxylic acids is 1. The Bertz CT molecular complexity index is 655. The number of benzene rings is 1. The van der Waals surface area contributed by atoms with Gasteiger partial charge in [-0.2, -0.15) is 0 Å². The van der Waals surface area contributed by atoms with E-state index >= 15 is 0 Å². The minimum atomic E-state index is -0.142. The third kappa shape index (κ3) is 2.64. The summed E-state index contributed by atoms with van der Waals surface area (Å²) in [5, 5.41) is 0. The highest BCUT2D eigenvalue weighted by molar-refractivity contribution is 6.05. The molecule has 1 aliphatic rings. The summed E-state index contributed by atoms with van der Waals surface area (Å²) in [4.78, 5) is 22.8. The first-order valence-electron chi connectivity index (χ1n) is 6.90. The normalized spacial score (nSPS) is 17.4. The molecule has 1 aliphatic heterocycles. The second-order valence-electron chi connectivity index (χ2n) is 5.15. The van der Waals surface area contributed by atoms with E-state index in [0.717, 1.165) is 23.4 Å². The first-order chi connectivity index (χ1) is 10.2. The number of aryl methyl sites for hydroxylation is 1. The van der Waals surface area contributed by atoms with Gasteiger partial charge >= 0.3 is 0 Å². The molecule has 0 aliphatic carbocycles. The summed E-state index contributed by atoms with van der Waals surface area (Å²) in [7, 11) is 1.67. The van der Waals surface area contributed by atoms with Gasteiger partial charge in [-0.3, -0.25) is 9.78 Å². The van der Waals surface area contributed by atoms with Crippen LogP contribution in [0.5, 0.6) is 0 Å². The van der Waals surface area contributed by atoms with E-state index in [2.05, 4.69) is 9.97 Å². The van der Waals surface area contributed by atoms with Gasteiger partial charge in [0, 0.05) is 25.4 Å². The first-order valence-corrected chi connectivity index (χ1v) is 6.90. The molecule has 0 spiro atoms. The van der Waals surface area contributed by atoms with Crippen molar-refractivity contribution < 1.29 is 9.53 Å². The Morgan fingerprint density at radius 3 is 2.81 bits per heavy atom. The van der Waals surface area contributed by atoms with Gasteiger partial charge in [-0.1, -0.05) is 18.2 Å². The number of anilines is 1. The molecule has 0 bridgehead atoms. The Labute approximate surface area is 123 Å². The van der Waals surface area contributed by atoms with Crippen LogP contribution in [0.2, 0.25) is 0 Å². The number of para-hydroxylation sites is 1. The maximum atomic E-state index is 12.7. The highest BCUT2D eigenvalue weighted by Crippen LogP contribution is 2.28. The fraction of sp³-hybridized carbons (Fsp3) is 0.312. The lowest BCUT2D eigenvalue weighted by Gasteiger charge is -2.33. The molecule has 0 saturated carbocycles. The van der Waals surface area contributed by atoms with E-state index in [0.29, 0.717) is 12.2 Å². The Kier molecular flexibility index (Phi) is 3.66. The summed E-state index contributed by atoms with van der Waals surface area (Å²) in [6.45, 7) is 2.38. The van der Waals surface area contributed by atoms with Gasteiger partial charge in [0.2, 0.25) is 0 Å². The fourth-order valence-electron chi connectivity index (χ4n) is 2.55. The predicted octanol–water partition coefficient (Wildman–Crippen LogP) is 2.00. The van der Waals surface area contributed by atoms with Crippen molar-refractivity contribution in [2.75, 3.05) is 18.6 Å². The second kappa shape index (κ2) is 5.61. The smallest absolute Gasteiger partial charge is 0.278 e. The summed E-state index contributed by atoms with van der Waals surface area (Å²) < 4.78 is 5.45. The standard InChI is InChI=1S/C16H17N3O2/c1-11-8-18-14(9-17-11)16(20)19-10-13(21-2)7-12-5-3-4-6-15(12)19/h3-6,8-9,13H,7,10H2,1-2H3. The average Bonchev–Trinajstić information content (AvgIpc) is 2.53. The van der Waals surface area contributed by atoms with Crippen molar-refractivity contribution >= 4 is 11.6 Å². The van der Waals surface area contributed by atoms with Crippen LogP contribution in [0.15, 0.2) is 36.7 Å². The zero-order chi connectivity index (χ0) is 14.8. The van der Waals surface area contributed by atoms with Crippen LogP contribution in [0.25, 0.3) is 0 Å². The van der Waals surface area contributed by atoms with E-state index in [4.69, 9.17) is 4.74 Å². The molecule has 3 rings (SSSR count). The molecule has 5 heteroatoms. The highest BCUT2D eigenvalue weighted by Gasteiger charge is 2.29. The summed E-state index contributed by atoms with van der Waals surface area (Å²) >= 11 is 0. The van der Waals surface area contributed by atoms with Crippen molar-refractivity contribution in [2.24, 2.45) is 0 Å². The SMILES string of the molecule is COC1Cc2ccccc2N(C(=O)c2cnc(C)cn2)C1. The van der Waals surface area contributed by atoms with E-state index in [1.165, 1.54) is 6.20 Å². The molecule has 1 atom stereocenters. The molecule has 0 N–H and O–H groups in total. The molecule has 0 radical (unpaired) electrons. The number of rotatable bonds is 2. The summed E-state index contributed by atoms with van der Waals surface area (Å²) in [6.07, 6.45) is 3.95. The van der Waals surface area contributed by atoms with Crippen molar-refractivity contribution in [3.63, 3.8) is 0 Å². The van der Waals surface area contributed by atoms with Gasteiger partial charge < -0.3 is 9.64 Å². The topological polar surface area (TPSA) is 55.3 Å². The molecule has 21 heavy (non-hydrogen) atoms. The van der Waals surface area contributed by atoms with Crippen LogP contribution in [-0.4, -0.2) is 35.6 Å². The van der Waals surface area contributed by atoms with Crippen molar-refractivity contribution in [3.05, 3.63) is 53.6 Å². The van der Waals surface area contributed by atoms with Crippen LogP contribution in [0.3, 0.4) is 0 Å². The van der Waals surface area contributed by atoms with Gasteiger partial charge in [-0.25, -0.2) is 4.98 Å². The maximum absolute atomic E-state index is 12.7. The Morgan fingerprint density at radius 1 is 1.29 bits per heavy atom. The van der Waals surface area contributed by atoms with Crippen LogP contribution in [-0.2, 0) is 11.2 Å². The predicted molar refractivity (Wildman–Crippen MR) is 79.4 cm³/mol. The molecule has 1 unspecified atom stereocenters. The number of aromatic nitrogens is 2. The zero-order valence-corrected chi connectivity index (χ0v) is 12.1. The number of fused-ring (bicyclic) bond motifs is 1. The molecule has 1 aromatic heterocycles. The van der Waals surface area contributed by atoms with Gasteiger partial charge in [-0.15, -0.1) is 0 Å². The van der Waals surface area contributed by atoms with E-state index in [9.17, 15) is 4.79 Å². The third-order valence-corrected chi connectivity index (χ3v) is 3.69. The molecule has 108 valence electrons. The molecule has 5 nitrogen and oxygen atoms in total. The Hall–Kier alpha value is -2.27. The van der Waals surface area contributed by atoms with E-state index in [-0.39, 0.29) is 12.0 Å². The van der Waals surface area contributed by atoms with Crippen LogP contribution < -0.4 is 4.90 Å². The molecular formula is C16H17N3O2. The van der Waals surface area contributed by atoms with Crippen molar-refractivity contribution in [1.29, 1.82) is 0 Å². The van der Waals surface area contributed by atoms with E-state index in [1.54, 1.807) is 18.2 Å². The quantitative estimate of drug-likeness (QED) is 0.846. The molecule has 1 aromatic carbocycles. The van der Waals surface area contributed by atoms with Crippen LogP contribution >= 0.6 is 0 Å². The van der Waals surface area contributed by atoms with Crippen molar-refractivity contribution in [3.8, 4) is 0 Å². The average molecular weight is 283 g/mol. The van der Waals surface area contributed by atoms with Gasteiger partial charge in [0.1, 0.15) is 5.69 Å². The number of hydrogen-bond acceptors (Lipinski definition) is 4. The molecule has 2 heterocycles. The van der Waals surface area contributed by atoms with Crippen molar-refractivity contribution in [1.82, 2.24) is 9.97 Å². The third-order valence-electron chi connectivity index (χ3n) is 3.69. The number of methoxy groups -OCH3 is 1. The number of nitrogens with zero attached hydrogens (tertiary/aromatic N) is 3. The number of amides is 1. The summed E-state index contributed by atoms with van der Waals surface area (Å²) in [5.74, 6) is -0.142. The Morgan fingerprint density at radius 2 is 2.10 bits per heavy atom. The minimum absolute atomic E-state index is 0.00209. The highest BCUT2D eigenvalue weighted by atomic mass is 16.5. The second-order valence-corrected chi connectivity index (χ2v) is 5.15. The van der Waals surface area contributed by atoms with Gasteiger partial charge in [-0.05, 0) is 18.6 Å². The van der Waals surface area contributed by atoms with Gasteiger partial charge in [0.15, 0.2) is 0 Å². The number of ether oxygens (including phenoxy) is 1. The largest absolute Gasteiger partial charge is 0.379 e. The molecule has 0 saturated heterocycles. The lowest BCUT2D eigenvalue weighted by molar-refractivity contribution is 0.0866. The van der Waals surface area contributed by atoms with Crippen LogP contribution in [0.1, 0.15) is 21.7 Å². The maximum Gasteiger partial charge on any atom is 0.278 e. The van der Waals surface area contributed by atoms with Crippen LogP contribution in [0, 0.1) is 6.92 Å². The van der Waals surface area contributed by atoms with Gasteiger partial charge in [0.25, 0.3) is 5.91 Å². The fourth-order valence-corrected chi connectivity index (χ4v) is 2.55. The molecule has 2 aromatic rings. The summed E-state index contributed by atoms with van der Waals surface area (Å²) in [6, 6.07) is 7.90. The lowest BCUT2D eigenvalue weighted by Crippen LogP contribution is -2.43. The molecule has 1 amide bonds. The van der Waals surface area contributed by atoms with Crippen molar-refractivity contribution in [2.45, 2.75) is 19.4 Å². The first kappa shape index (κ1) is 13.7. The lowest BCUT2D eigenvalue weighted by atomic mass is 9.99. The number of hydrogen-bond donors (Lipinski definition) is 0. The van der Waals surface area contributed by atoms with Gasteiger partial charge in [0.05, 0.1) is 24.5 Å². The summed E-state index contributed by atoms with van der Waals surface area (Å²) in [5.41, 5.74) is 3.19. The zero-order valence-electron chi connectivity index (χ0n) is 12.1. The minimum Gasteiger partial charge on any atom is -0.379 e. The Balaban J connectivity index is 1.97. The van der Waals surface area contributed by atoms with E-state index < -0.39 is 0 Å². The number of carbonyl (C=O) groups is 1. The molecular weight excluding hydrogens is 266 g/mol. The molecule has 0 fully saturated rings.